The zero-order chi connectivity index (χ0) is 47.7. The van der Waals surface area contributed by atoms with Gasteiger partial charge in [0.2, 0.25) is 29.5 Å². The van der Waals surface area contributed by atoms with Crippen molar-refractivity contribution in [3.63, 3.8) is 0 Å². The first-order valence-corrected chi connectivity index (χ1v) is 23.2. The molecule has 0 saturated heterocycles. The number of ether oxygens (including phenoxy) is 4. The van der Waals surface area contributed by atoms with Crippen molar-refractivity contribution in [3.05, 3.63) is 0 Å². The van der Waals surface area contributed by atoms with E-state index < -0.39 is 18.0 Å². The highest BCUT2D eigenvalue weighted by Crippen LogP contribution is 2.14. The van der Waals surface area contributed by atoms with Crippen molar-refractivity contribution in [3.8, 4) is 0 Å². The zero-order valence-electron chi connectivity index (χ0n) is 38.4. The van der Waals surface area contributed by atoms with Gasteiger partial charge >= 0.3 is 11.9 Å². The number of carbonyl (C=O) groups is 8. The summed E-state index contributed by atoms with van der Waals surface area (Å²) in [6.45, 7) is 4.39. The Hall–Kier alpha value is -4.40. The van der Waals surface area contributed by atoms with Gasteiger partial charge in [-0.05, 0) is 32.1 Å². The van der Waals surface area contributed by atoms with Crippen LogP contribution in [0.25, 0.3) is 0 Å². The number of amides is 5. The van der Waals surface area contributed by atoms with Crippen LogP contribution in [0.3, 0.4) is 0 Å². The van der Waals surface area contributed by atoms with E-state index in [4.69, 9.17) is 34.0 Å². The Morgan fingerprint density at radius 1 is 0.453 bits per heavy atom. The number of hydrogen-bond acceptors (Lipinski definition) is 12. The number of carboxylic acids is 2. The summed E-state index contributed by atoms with van der Waals surface area (Å²) >= 11 is 0. The van der Waals surface area contributed by atoms with Gasteiger partial charge in [-0.1, -0.05) is 90.4 Å². The second-order valence-electron chi connectivity index (χ2n) is 15.1. The number of hydrogen-bond donors (Lipinski definition) is 8. The van der Waals surface area contributed by atoms with E-state index in [-0.39, 0.29) is 128 Å². The molecule has 372 valence electrons. The highest BCUT2D eigenvalue weighted by molar-refractivity contribution is 5.84. The molecular formula is C44H81N5O15. The maximum absolute atomic E-state index is 12.3. The van der Waals surface area contributed by atoms with Crippen molar-refractivity contribution in [2.45, 2.75) is 154 Å². The quantitative estimate of drug-likeness (QED) is 0.0321. The monoisotopic (exact) mass is 920 g/mol. The van der Waals surface area contributed by atoms with Gasteiger partial charge in [-0.3, -0.25) is 33.6 Å². The molecule has 0 aromatic heterocycles. The van der Waals surface area contributed by atoms with Crippen LogP contribution < -0.4 is 26.6 Å². The largest absolute Gasteiger partial charge is 0.483 e. The number of unbranched alkanes of at least 4 members (excludes halogenated alkanes) is 14. The van der Waals surface area contributed by atoms with Gasteiger partial charge in [-0.15, -0.1) is 0 Å². The molecule has 0 heterocycles. The zero-order valence-corrected chi connectivity index (χ0v) is 38.4. The van der Waals surface area contributed by atoms with Crippen LogP contribution >= 0.6 is 0 Å². The molecule has 0 aliphatic carbocycles. The summed E-state index contributed by atoms with van der Waals surface area (Å²) in [6, 6.07) is -1.14. The van der Waals surface area contributed by atoms with Crippen molar-refractivity contribution >= 4 is 47.9 Å². The molecule has 64 heavy (non-hydrogen) atoms. The lowest BCUT2D eigenvalue weighted by Crippen LogP contribution is -2.41. The molecule has 0 aliphatic heterocycles. The second kappa shape index (κ2) is 48.1. The van der Waals surface area contributed by atoms with Crippen molar-refractivity contribution in [2.24, 2.45) is 0 Å². The summed E-state index contributed by atoms with van der Waals surface area (Å²) in [5, 5.41) is 38.4. The van der Waals surface area contributed by atoms with Gasteiger partial charge < -0.3 is 60.9 Å². The van der Waals surface area contributed by atoms with E-state index in [2.05, 4.69) is 33.5 Å². The van der Waals surface area contributed by atoms with Gasteiger partial charge in [-0.2, -0.15) is 0 Å². The topological polar surface area (TPSA) is 294 Å². The van der Waals surface area contributed by atoms with E-state index in [0.29, 0.717) is 32.4 Å². The Bertz CT molecular complexity index is 1230. The van der Waals surface area contributed by atoms with Gasteiger partial charge in [0.25, 0.3) is 6.47 Å². The number of rotatable bonds is 45. The lowest BCUT2D eigenvalue weighted by molar-refractivity contribution is -0.142. The Kier molecular flexibility index (Phi) is 46.3. The van der Waals surface area contributed by atoms with Crippen molar-refractivity contribution in [1.82, 2.24) is 26.6 Å². The van der Waals surface area contributed by atoms with Crippen LogP contribution in [0.15, 0.2) is 0 Å². The number of carboxylic acid groups (broad SMARTS) is 3. The van der Waals surface area contributed by atoms with Crippen LogP contribution in [0.5, 0.6) is 0 Å². The Balaban J connectivity index is 0. The normalized spacial score (nSPS) is 11.1. The van der Waals surface area contributed by atoms with Crippen LogP contribution in [-0.2, 0) is 57.3 Å². The van der Waals surface area contributed by atoms with Crippen LogP contribution in [0, 0.1) is 0 Å². The summed E-state index contributed by atoms with van der Waals surface area (Å²) in [4.78, 5) is 90.4. The lowest BCUT2D eigenvalue weighted by Gasteiger charge is -2.14. The van der Waals surface area contributed by atoms with Gasteiger partial charge in [0.05, 0.1) is 39.6 Å². The molecule has 0 aromatic carbocycles. The van der Waals surface area contributed by atoms with Gasteiger partial charge in [-0.25, -0.2) is 4.79 Å². The molecule has 0 spiro atoms. The fraction of sp³-hybridized carbons (Fsp3) is 0.818. The van der Waals surface area contributed by atoms with E-state index in [9.17, 15) is 38.7 Å². The second-order valence-corrected chi connectivity index (χ2v) is 15.1. The predicted molar refractivity (Wildman–Crippen MR) is 238 cm³/mol. The van der Waals surface area contributed by atoms with Crippen molar-refractivity contribution in [1.29, 1.82) is 0 Å². The molecule has 0 bridgehead atoms. The fourth-order valence-corrected chi connectivity index (χ4v) is 5.94. The van der Waals surface area contributed by atoms with E-state index in [1.54, 1.807) is 0 Å². The molecular weight excluding hydrogens is 839 g/mol. The standard InChI is InChI=1S/C43H79N5O13.CH2O2/c1-2-3-24-44-37(49)20-18-25-45-40(52)34-60-32-31-59-29-27-47-41(53)35-61-33-30-58-28-26-46-38(50)23-22-36(43(56)57)48-39(51)19-16-14-12-10-8-6-4-5-7-9-11-13-15-17-21-42(54)55;2-1-3/h36H,2-35H2,1H3,(H,44,49)(H,45,52)(H,46,50)(H,47,53)(H,48,51)(H,54,55)(H,56,57);1H,(H,2,3)/t36-;/m0./s1. The summed E-state index contributed by atoms with van der Waals surface area (Å²) < 4.78 is 21.3. The Morgan fingerprint density at radius 2 is 0.828 bits per heavy atom. The fourth-order valence-electron chi connectivity index (χ4n) is 5.94. The van der Waals surface area contributed by atoms with Crippen molar-refractivity contribution in [2.75, 3.05) is 79.0 Å². The SMILES string of the molecule is CCCCNC(=O)CCCNC(=O)COCCOCCNC(=O)COCCOCCNC(=O)CC[C@H](NC(=O)CCCCCCCCCCCCCCCCC(=O)O)C(=O)O.O=CO. The van der Waals surface area contributed by atoms with Gasteiger partial charge in [0, 0.05) is 51.9 Å². The summed E-state index contributed by atoms with van der Waals surface area (Å²) in [6.07, 6.45) is 18.4. The molecule has 0 aliphatic rings. The number of aliphatic carboxylic acids is 2. The first-order valence-electron chi connectivity index (χ1n) is 23.2. The maximum Gasteiger partial charge on any atom is 0.326 e. The lowest BCUT2D eigenvalue weighted by atomic mass is 10.0. The smallest absolute Gasteiger partial charge is 0.326 e. The minimum absolute atomic E-state index is 0.0184. The first-order chi connectivity index (χ1) is 31.0. The molecule has 5 amide bonds. The number of carbonyl (C=O) groups excluding carboxylic acids is 5. The Labute approximate surface area is 379 Å². The minimum Gasteiger partial charge on any atom is -0.483 e. The van der Waals surface area contributed by atoms with Crippen LogP contribution in [0.4, 0.5) is 0 Å². The third kappa shape index (κ3) is 48.6. The molecule has 0 aromatic rings. The summed E-state index contributed by atoms with van der Waals surface area (Å²) in [5.74, 6) is -3.19. The summed E-state index contributed by atoms with van der Waals surface area (Å²) in [5.41, 5.74) is 0. The first kappa shape index (κ1) is 61.7. The molecule has 0 fully saturated rings. The highest BCUT2D eigenvalue weighted by Gasteiger charge is 2.21. The average Bonchev–Trinajstić information content (AvgIpc) is 3.25. The molecule has 0 radical (unpaired) electrons. The third-order valence-corrected chi connectivity index (χ3v) is 9.44. The summed E-state index contributed by atoms with van der Waals surface area (Å²) in [7, 11) is 0. The molecule has 1 atom stereocenters. The van der Waals surface area contributed by atoms with Gasteiger partial charge in [0.15, 0.2) is 0 Å². The van der Waals surface area contributed by atoms with E-state index in [0.717, 1.165) is 51.4 Å². The van der Waals surface area contributed by atoms with E-state index >= 15 is 0 Å². The van der Waals surface area contributed by atoms with E-state index in [1.165, 1.54) is 44.9 Å². The molecule has 20 nitrogen and oxygen atoms in total. The third-order valence-electron chi connectivity index (χ3n) is 9.44. The van der Waals surface area contributed by atoms with Gasteiger partial charge in [0.1, 0.15) is 19.3 Å². The molecule has 8 N–H and O–H groups in total. The van der Waals surface area contributed by atoms with Crippen LogP contribution in [-0.4, -0.2) is 148 Å². The highest BCUT2D eigenvalue weighted by atomic mass is 16.5. The molecule has 0 saturated carbocycles. The molecule has 0 rings (SSSR count). The predicted octanol–water partition coefficient (Wildman–Crippen LogP) is 3.47. The van der Waals surface area contributed by atoms with Crippen molar-refractivity contribution < 1.29 is 72.6 Å². The molecule has 20 heteroatoms. The van der Waals surface area contributed by atoms with Crippen LogP contribution in [0.2, 0.25) is 0 Å². The average molecular weight is 920 g/mol. The minimum atomic E-state index is -1.18. The molecule has 0 unspecified atom stereocenters. The maximum atomic E-state index is 12.3. The Morgan fingerprint density at radius 3 is 1.30 bits per heavy atom. The number of nitrogens with one attached hydrogen (secondary N) is 5. The van der Waals surface area contributed by atoms with E-state index in [1.807, 2.05) is 0 Å². The van der Waals surface area contributed by atoms with Crippen LogP contribution in [0.1, 0.15) is 148 Å².